The van der Waals surface area contributed by atoms with E-state index in [1.807, 2.05) is 0 Å². The van der Waals surface area contributed by atoms with Gasteiger partial charge in [-0.2, -0.15) is 0 Å². The number of carboxylic acids is 1. The summed E-state index contributed by atoms with van der Waals surface area (Å²) >= 11 is 0. The van der Waals surface area contributed by atoms with E-state index in [0.29, 0.717) is 5.92 Å². The number of carboxylic acid groups (broad SMARTS) is 1. The molecule has 0 aromatic heterocycles. The van der Waals surface area contributed by atoms with Crippen molar-refractivity contribution in [1.29, 1.82) is 0 Å². The molecule has 1 aliphatic rings. The lowest BCUT2D eigenvalue weighted by Crippen LogP contribution is -2.48. The van der Waals surface area contributed by atoms with Crippen molar-refractivity contribution < 1.29 is 9.90 Å². The zero-order valence-corrected chi connectivity index (χ0v) is 11.1. The van der Waals surface area contributed by atoms with Crippen LogP contribution < -0.4 is 5.32 Å². The highest BCUT2D eigenvalue weighted by Gasteiger charge is 2.29. The summed E-state index contributed by atoms with van der Waals surface area (Å²) in [5, 5.41) is 12.6. The molecule has 4 heteroatoms. The van der Waals surface area contributed by atoms with Crippen LogP contribution in [-0.4, -0.2) is 48.2 Å². The molecule has 1 aliphatic heterocycles. The Bertz CT molecular complexity index is 233. The quantitative estimate of drug-likeness (QED) is 0.711. The first-order valence-electron chi connectivity index (χ1n) is 6.86. The van der Waals surface area contributed by atoms with Gasteiger partial charge in [0.05, 0.1) is 0 Å². The molecule has 4 nitrogen and oxygen atoms in total. The van der Waals surface area contributed by atoms with Crippen LogP contribution in [0.5, 0.6) is 0 Å². The molecule has 0 radical (unpaired) electrons. The molecule has 0 aromatic rings. The molecule has 2 N–H and O–H groups in total. The summed E-state index contributed by atoms with van der Waals surface area (Å²) in [5.74, 6) is -0.0432. The molecule has 0 aliphatic carbocycles. The number of rotatable bonds is 7. The van der Waals surface area contributed by atoms with Gasteiger partial charge in [0.2, 0.25) is 0 Å². The number of carbonyl (C=O) groups is 1. The van der Waals surface area contributed by atoms with E-state index >= 15 is 0 Å². The van der Waals surface area contributed by atoms with E-state index in [0.717, 1.165) is 45.4 Å². The van der Waals surface area contributed by atoms with Gasteiger partial charge in [-0.25, -0.2) is 0 Å². The summed E-state index contributed by atoms with van der Waals surface area (Å²) in [6, 6.07) is -0.274. The highest BCUT2D eigenvalue weighted by molar-refractivity contribution is 5.73. The van der Waals surface area contributed by atoms with Crippen molar-refractivity contribution in [3.8, 4) is 0 Å². The number of nitrogens with one attached hydrogen (secondary N) is 1. The maximum Gasteiger partial charge on any atom is 0.320 e. The standard InChI is InChI=1S/C13H26N2O2/c1-3-6-12(13(16)17)15-8-5-7-11(10-15)9-14-4-2/h11-12,14H,3-10H2,1-2H3,(H,16,17). The van der Waals surface area contributed by atoms with Crippen LogP contribution in [0.25, 0.3) is 0 Å². The van der Waals surface area contributed by atoms with E-state index in [-0.39, 0.29) is 6.04 Å². The normalized spacial score (nSPS) is 23.5. The first-order valence-corrected chi connectivity index (χ1v) is 6.86. The smallest absolute Gasteiger partial charge is 0.320 e. The van der Waals surface area contributed by atoms with Gasteiger partial charge >= 0.3 is 5.97 Å². The second-order valence-electron chi connectivity index (χ2n) is 4.95. The molecular weight excluding hydrogens is 216 g/mol. The van der Waals surface area contributed by atoms with Gasteiger partial charge in [-0.1, -0.05) is 20.3 Å². The maximum absolute atomic E-state index is 11.3. The zero-order chi connectivity index (χ0) is 12.7. The van der Waals surface area contributed by atoms with Crippen molar-refractivity contribution in [2.45, 2.75) is 45.6 Å². The third-order valence-corrected chi connectivity index (χ3v) is 3.52. The monoisotopic (exact) mass is 242 g/mol. The Morgan fingerprint density at radius 2 is 2.29 bits per heavy atom. The van der Waals surface area contributed by atoms with Gasteiger partial charge in [-0.15, -0.1) is 0 Å². The molecule has 1 saturated heterocycles. The van der Waals surface area contributed by atoms with Crippen molar-refractivity contribution in [1.82, 2.24) is 10.2 Å². The van der Waals surface area contributed by atoms with Gasteiger partial charge < -0.3 is 10.4 Å². The van der Waals surface area contributed by atoms with Gasteiger partial charge in [0.15, 0.2) is 0 Å². The Labute approximate surface area is 104 Å². The van der Waals surface area contributed by atoms with Gasteiger partial charge in [-0.05, 0) is 44.8 Å². The number of piperidine rings is 1. The molecule has 0 bridgehead atoms. The molecule has 1 fully saturated rings. The van der Waals surface area contributed by atoms with E-state index in [2.05, 4.69) is 24.1 Å². The molecule has 0 amide bonds. The molecule has 0 aromatic carbocycles. The Morgan fingerprint density at radius 3 is 2.88 bits per heavy atom. The Balaban J connectivity index is 2.48. The predicted molar refractivity (Wildman–Crippen MR) is 69.2 cm³/mol. The molecule has 1 heterocycles. The van der Waals surface area contributed by atoms with Crippen LogP contribution in [0.3, 0.4) is 0 Å². The van der Waals surface area contributed by atoms with E-state index in [1.165, 1.54) is 6.42 Å². The predicted octanol–water partition coefficient (Wildman–Crippen LogP) is 1.56. The van der Waals surface area contributed by atoms with E-state index in [1.54, 1.807) is 0 Å². The van der Waals surface area contributed by atoms with Crippen molar-refractivity contribution >= 4 is 5.97 Å². The van der Waals surface area contributed by atoms with Crippen LogP contribution in [0.15, 0.2) is 0 Å². The molecule has 0 saturated carbocycles. The second kappa shape index (κ2) is 7.67. The van der Waals surface area contributed by atoms with Crippen molar-refractivity contribution in [2.24, 2.45) is 5.92 Å². The topological polar surface area (TPSA) is 52.6 Å². The third kappa shape index (κ3) is 4.64. The Morgan fingerprint density at radius 1 is 1.53 bits per heavy atom. The Kier molecular flexibility index (Phi) is 6.52. The van der Waals surface area contributed by atoms with Crippen LogP contribution in [0.1, 0.15) is 39.5 Å². The summed E-state index contributed by atoms with van der Waals surface area (Å²) in [5.41, 5.74) is 0. The number of aliphatic carboxylic acids is 1. The van der Waals surface area contributed by atoms with Crippen LogP contribution in [0.4, 0.5) is 0 Å². The Hall–Kier alpha value is -0.610. The summed E-state index contributed by atoms with van der Waals surface area (Å²) in [6.07, 6.45) is 4.06. The number of nitrogens with zero attached hydrogens (tertiary/aromatic N) is 1. The minimum Gasteiger partial charge on any atom is -0.480 e. The highest BCUT2D eigenvalue weighted by Crippen LogP contribution is 2.20. The van der Waals surface area contributed by atoms with E-state index in [4.69, 9.17) is 0 Å². The van der Waals surface area contributed by atoms with Crippen LogP contribution in [0.2, 0.25) is 0 Å². The molecule has 100 valence electrons. The van der Waals surface area contributed by atoms with Gasteiger partial charge in [0.1, 0.15) is 6.04 Å². The summed E-state index contributed by atoms with van der Waals surface area (Å²) in [6.45, 7) is 8.05. The van der Waals surface area contributed by atoms with Crippen molar-refractivity contribution in [3.63, 3.8) is 0 Å². The maximum atomic E-state index is 11.3. The lowest BCUT2D eigenvalue weighted by molar-refractivity contribution is -0.144. The van der Waals surface area contributed by atoms with Gasteiger partial charge in [0, 0.05) is 6.54 Å². The molecule has 2 atom stereocenters. The zero-order valence-electron chi connectivity index (χ0n) is 11.1. The first kappa shape index (κ1) is 14.5. The molecule has 2 unspecified atom stereocenters. The van der Waals surface area contributed by atoms with Crippen LogP contribution in [0, 0.1) is 5.92 Å². The first-order chi connectivity index (χ1) is 8.19. The lowest BCUT2D eigenvalue weighted by Gasteiger charge is -2.36. The largest absolute Gasteiger partial charge is 0.480 e. The summed E-state index contributed by atoms with van der Waals surface area (Å²) in [7, 11) is 0. The van der Waals surface area contributed by atoms with Gasteiger partial charge in [-0.3, -0.25) is 9.69 Å². The van der Waals surface area contributed by atoms with E-state index < -0.39 is 5.97 Å². The van der Waals surface area contributed by atoms with Gasteiger partial charge in [0.25, 0.3) is 0 Å². The molecule has 17 heavy (non-hydrogen) atoms. The fourth-order valence-corrected chi connectivity index (χ4v) is 2.63. The van der Waals surface area contributed by atoms with Crippen molar-refractivity contribution in [3.05, 3.63) is 0 Å². The summed E-state index contributed by atoms with van der Waals surface area (Å²) in [4.78, 5) is 13.4. The van der Waals surface area contributed by atoms with Crippen LogP contribution >= 0.6 is 0 Å². The SMILES string of the molecule is CCCC(C(=O)O)N1CCCC(CNCC)C1. The number of hydrogen-bond donors (Lipinski definition) is 2. The highest BCUT2D eigenvalue weighted by atomic mass is 16.4. The second-order valence-corrected chi connectivity index (χ2v) is 4.95. The molecule has 0 spiro atoms. The third-order valence-electron chi connectivity index (χ3n) is 3.52. The number of likely N-dealkylation sites (tertiary alicyclic amines) is 1. The fraction of sp³-hybridized carbons (Fsp3) is 0.923. The summed E-state index contributed by atoms with van der Waals surface area (Å²) < 4.78 is 0. The minimum atomic E-state index is -0.657. The minimum absolute atomic E-state index is 0.274. The average Bonchev–Trinajstić information content (AvgIpc) is 2.33. The fourth-order valence-electron chi connectivity index (χ4n) is 2.63. The lowest BCUT2D eigenvalue weighted by atomic mass is 9.95. The molecular formula is C13H26N2O2. The van der Waals surface area contributed by atoms with Crippen LogP contribution in [-0.2, 0) is 4.79 Å². The van der Waals surface area contributed by atoms with Crippen molar-refractivity contribution in [2.75, 3.05) is 26.2 Å². The molecule has 1 rings (SSSR count). The van der Waals surface area contributed by atoms with E-state index in [9.17, 15) is 9.90 Å². The number of hydrogen-bond acceptors (Lipinski definition) is 3. The average molecular weight is 242 g/mol.